The van der Waals surface area contributed by atoms with Crippen molar-refractivity contribution in [1.29, 1.82) is 0 Å². The van der Waals surface area contributed by atoms with Gasteiger partial charge in [-0.25, -0.2) is 4.79 Å². The number of benzene rings is 1. The first-order valence-corrected chi connectivity index (χ1v) is 4.06. The third-order valence-corrected chi connectivity index (χ3v) is 1.72. The van der Waals surface area contributed by atoms with Crippen LogP contribution in [-0.4, -0.2) is 11.8 Å². The summed E-state index contributed by atoms with van der Waals surface area (Å²) in [6.07, 6.45) is 0.311. The molecule has 0 bridgehead atoms. The highest BCUT2D eigenvalue weighted by Crippen LogP contribution is 2.05. The second kappa shape index (κ2) is 4.83. The topological polar surface area (TPSA) is 60.2 Å². The predicted octanol–water partition coefficient (Wildman–Crippen LogP) is 0.627. The van der Waals surface area contributed by atoms with E-state index >= 15 is 0 Å². The number of rotatable bonds is 3. The molecule has 0 aliphatic heterocycles. The van der Waals surface area contributed by atoms with E-state index in [0.29, 0.717) is 6.42 Å². The monoisotopic (exact) mass is 187 g/mol. The lowest BCUT2D eigenvalue weighted by Gasteiger charge is -1.99. The van der Waals surface area contributed by atoms with E-state index in [1.807, 2.05) is 30.3 Å². The first-order chi connectivity index (χ1) is 6.74. The Kier molecular flexibility index (Phi) is 3.45. The second-order valence-corrected chi connectivity index (χ2v) is 2.73. The minimum atomic E-state index is -0.641. The summed E-state index contributed by atoms with van der Waals surface area (Å²) in [4.78, 5) is 20.9. The highest BCUT2D eigenvalue weighted by atomic mass is 16.1. The molecule has 0 aliphatic carbocycles. The Bertz CT molecular complexity index is 410. The van der Waals surface area contributed by atoms with E-state index in [9.17, 15) is 9.59 Å². The molecule has 0 heterocycles. The summed E-state index contributed by atoms with van der Waals surface area (Å²) in [5.74, 6) is 0.790. The Balaban J connectivity index is 2.92. The zero-order chi connectivity index (χ0) is 10.4. The van der Waals surface area contributed by atoms with E-state index < -0.39 is 5.91 Å². The molecule has 70 valence electrons. The van der Waals surface area contributed by atoms with Crippen LogP contribution in [0.2, 0.25) is 0 Å². The number of hydrogen-bond acceptors (Lipinski definition) is 2. The van der Waals surface area contributed by atoms with E-state index in [1.54, 1.807) is 0 Å². The molecule has 1 aromatic rings. The predicted molar refractivity (Wildman–Crippen MR) is 52.1 cm³/mol. The number of hydrogen-bond donors (Lipinski definition) is 1. The molecule has 3 heteroatoms. The van der Waals surface area contributed by atoms with Crippen molar-refractivity contribution in [1.82, 2.24) is 0 Å². The average Bonchev–Trinajstić information content (AvgIpc) is 2.18. The molecule has 0 saturated carbocycles. The maximum Gasteiger partial charge on any atom is 0.253 e. The second-order valence-electron chi connectivity index (χ2n) is 2.73. The van der Waals surface area contributed by atoms with Crippen molar-refractivity contribution in [2.75, 3.05) is 0 Å². The van der Waals surface area contributed by atoms with Crippen LogP contribution in [0, 0.1) is 0 Å². The van der Waals surface area contributed by atoms with Crippen LogP contribution in [-0.2, 0) is 16.0 Å². The molecule has 0 spiro atoms. The van der Waals surface area contributed by atoms with E-state index in [2.05, 4.69) is 5.73 Å². The van der Waals surface area contributed by atoms with Gasteiger partial charge in [0.1, 0.15) is 0 Å². The lowest BCUT2D eigenvalue weighted by Crippen LogP contribution is -2.15. The van der Waals surface area contributed by atoms with Gasteiger partial charge in [0.05, 0.1) is 5.57 Å². The van der Waals surface area contributed by atoms with Gasteiger partial charge >= 0.3 is 0 Å². The molecule has 0 fully saturated rings. The number of carbonyl (C=O) groups is 1. The molecule has 3 nitrogen and oxygen atoms in total. The summed E-state index contributed by atoms with van der Waals surface area (Å²) in [5.41, 5.74) is 8.27. The van der Waals surface area contributed by atoms with Crippen molar-refractivity contribution in [3.63, 3.8) is 0 Å². The van der Waals surface area contributed by atoms with Crippen LogP contribution in [0.25, 0.3) is 0 Å². The van der Waals surface area contributed by atoms with Gasteiger partial charge in [0.2, 0.25) is 0 Å². The molecule has 14 heavy (non-hydrogen) atoms. The van der Waals surface area contributed by atoms with Crippen LogP contribution >= 0.6 is 0 Å². The molecule has 0 aromatic heterocycles. The highest BCUT2D eigenvalue weighted by molar-refractivity contribution is 5.93. The standard InChI is InChI=1S/C11H9NO2/c12-11(14)10(6-7-13)8-9-4-2-1-3-5-9/h1-5H,8H2,(H2,12,14). The number of nitrogens with two attached hydrogens (primary N) is 1. The van der Waals surface area contributed by atoms with Crippen LogP contribution in [0.15, 0.2) is 41.6 Å². The van der Waals surface area contributed by atoms with Gasteiger partial charge in [-0.15, -0.1) is 0 Å². The van der Waals surface area contributed by atoms with Gasteiger partial charge in [-0.3, -0.25) is 4.79 Å². The summed E-state index contributed by atoms with van der Waals surface area (Å²) in [7, 11) is 0. The van der Waals surface area contributed by atoms with Crippen molar-refractivity contribution < 1.29 is 9.59 Å². The van der Waals surface area contributed by atoms with Gasteiger partial charge in [0.15, 0.2) is 5.94 Å². The zero-order valence-corrected chi connectivity index (χ0v) is 7.49. The smallest absolute Gasteiger partial charge is 0.253 e. The van der Waals surface area contributed by atoms with Gasteiger partial charge in [0, 0.05) is 6.42 Å². The van der Waals surface area contributed by atoms with Crippen LogP contribution in [0.1, 0.15) is 5.56 Å². The third kappa shape index (κ3) is 2.76. The number of primary amides is 1. The Morgan fingerprint density at radius 3 is 2.43 bits per heavy atom. The van der Waals surface area contributed by atoms with E-state index in [-0.39, 0.29) is 5.57 Å². The fourth-order valence-electron chi connectivity index (χ4n) is 1.05. The van der Waals surface area contributed by atoms with Crippen molar-refractivity contribution in [3.8, 4) is 0 Å². The SMILES string of the molecule is NC(=O)C(=C=C=O)Cc1ccccc1. The molecular formula is C11H9NO2. The summed E-state index contributed by atoms with van der Waals surface area (Å²) in [6.45, 7) is 0. The quantitative estimate of drug-likeness (QED) is 0.428. The molecule has 1 aromatic carbocycles. The third-order valence-electron chi connectivity index (χ3n) is 1.72. The number of amides is 1. The number of carbonyl (C=O) groups excluding carboxylic acids is 2. The lowest BCUT2D eigenvalue weighted by molar-refractivity contribution is -0.114. The van der Waals surface area contributed by atoms with Crippen molar-refractivity contribution in [2.45, 2.75) is 6.42 Å². The minimum Gasteiger partial charge on any atom is -0.365 e. The van der Waals surface area contributed by atoms with Crippen LogP contribution in [0.5, 0.6) is 0 Å². The molecular weight excluding hydrogens is 178 g/mol. The molecule has 1 rings (SSSR count). The fraction of sp³-hybridized carbons (Fsp3) is 0.0909. The molecule has 1 amide bonds. The van der Waals surface area contributed by atoms with Crippen molar-refractivity contribution in [3.05, 3.63) is 47.2 Å². The van der Waals surface area contributed by atoms with Crippen molar-refractivity contribution in [2.24, 2.45) is 5.73 Å². The summed E-state index contributed by atoms with van der Waals surface area (Å²) in [5, 5.41) is 0. The molecule has 0 unspecified atom stereocenters. The normalized spacial score (nSPS) is 8.57. The largest absolute Gasteiger partial charge is 0.365 e. The summed E-state index contributed by atoms with van der Waals surface area (Å²) >= 11 is 0. The minimum absolute atomic E-state index is 0.145. The van der Waals surface area contributed by atoms with Gasteiger partial charge in [0.25, 0.3) is 5.91 Å². The Morgan fingerprint density at radius 2 is 1.93 bits per heavy atom. The molecule has 2 N–H and O–H groups in total. The van der Waals surface area contributed by atoms with Crippen LogP contribution < -0.4 is 5.73 Å². The van der Waals surface area contributed by atoms with Crippen LogP contribution in [0.4, 0.5) is 0 Å². The van der Waals surface area contributed by atoms with E-state index in [4.69, 9.17) is 5.73 Å². The Hall–Kier alpha value is -2.08. The lowest BCUT2D eigenvalue weighted by atomic mass is 10.1. The van der Waals surface area contributed by atoms with E-state index in [1.165, 1.54) is 5.94 Å². The van der Waals surface area contributed by atoms with Gasteiger partial charge in [-0.2, -0.15) is 0 Å². The zero-order valence-electron chi connectivity index (χ0n) is 7.49. The molecule has 0 radical (unpaired) electrons. The summed E-state index contributed by atoms with van der Waals surface area (Å²) < 4.78 is 0. The fourth-order valence-corrected chi connectivity index (χ4v) is 1.05. The summed E-state index contributed by atoms with van der Waals surface area (Å²) in [6, 6.07) is 9.24. The molecule has 0 saturated heterocycles. The first-order valence-electron chi connectivity index (χ1n) is 4.06. The first kappa shape index (κ1) is 10.0. The van der Waals surface area contributed by atoms with Gasteiger partial charge < -0.3 is 5.73 Å². The maximum absolute atomic E-state index is 10.8. The highest BCUT2D eigenvalue weighted by Gasteiger charge is 2.04. The molecule has 0 atom stereocenters. The van der Waals surface area contributed by atoms with E-state index in [0.717, 1.165) is 5.56 Å². The molecule has 0 aliphatic rings. The van der Waals surface area contributed by atoms with Crippen LogP contribution in [0.3, 0.4) is 0 Å². The Labute approximate surface area is 81.5 Å². The van der Waals surface area contributed by atoms with Crippen molar-refractivity contribution >= 4 is 11.8 Å². The van der Waals surface area contributed by atoms with Gasteiger partial charge in [-0.1, -0.05) is 30.3 Å². The average molecular weight is 187 g/mol. The Morgan fingerprint density at radius 1 is 1.29 bits per heavy atom. The maximum atomic E-state index is 10.8. The van der Waals surface area contributed by atoms with Gasteiger partial charge in [-0.05, 0) is 11.3 Å².